The number of amides is 2. The van der Waals surface area contributed by atoms with Gasteiger partial charge in [0.1, 0.15) is 5.75 Å². The van der Waals surface area contributed by atoms with E-state index in [1.807, 2.05) is 31.2 Å². The number of carbonyl (C=O) groups is 2. The first-order valence-corrected chi connectivity index (χ1v) is 8.43. The van der Waals surface area contributed by atoms with E-state index in [0.29, 0.717) is 18.6 Å². The molecule has 2 aromatic rings. The van der Waals surface area contributed by atoms with Crippen molar-refractivity contribution in [2.45, 2.75) is 25.7 Å². The van der Waals surface area contributed by atoms with E-state index in [4.69, 9.17) is 4.74 Å². The Kier molecular flexibility index (Phi) is 5.03. The molecule has 0 aromatic heterocycles. The number of aryl methyl sites for hydroxylation is 1. The number of fused-ring (bicyclic) bond motifs is 1. The fraction of sp³-hybridized carbons (Fsp3) is 0.300. The topological polar surface area (TPSA) is 67.4 Å². The Hall–Kier alpha value is -2.82. The van der Waals surface area contributed by atoms with Crippen LogP contribution in [0, 0.1) is 6.92 Å². The van der Waals surface area contributed by atoms with Crippen molar-refractivity contribution in [2.24, 2.45) is 0 Å². The first-order valence-electron chi connectivity index (χ1n) is 8.43. The van der Waals surface area contributed by atoms with E-state index >= 15 is 0 Å². The van der Waals surface area contributed by atoms with Gasteiger partial charge in [-0.1, -0.05) is 18.2 Å². The number of hydrogen-bond acceptors (Lipinski definition) is 3. The van der Waals surface area contributed by atoms with Crippen LogP contribution in [0.4, 0.5) is 5.69 Å². The third kappa shape index (κ3) is 3.82. The fourth-order valence-electron chi connectivity index (χ4n) is 3.14. The number of rotatable bonds is 4. The molecule has 1 aliphatic heterocycles. The van der Waals surface area contributed by atoms with Crippen molar-refractivity contribution in [2.75, 3.05) is 19.0 Å². The van der Waals surface area contributed by atoms with E-state index in [2.05, 4.69) is 10.6 Å². The van der Waals surface area contributed by atoms with E-state index in [9.17, 15) is 9.59 Å². The van der Waals surface area contributed by atoms with E-state index in [0.717, 1.165) is 29.0 Å². The molecular formula is C20H22N2O3. The maximum absolute atomic E-state index is 12.5. The number of hydrogen-bond donors (Lipinski definition) is 2. The Morgan fingerprint density at radius 2 is 2.00 bits per heavy atom. The third-order valence-electron chi connectivity index (χ3n) is 4.50. The molecule has 1 atom stereocenters. The molecule has 1 heterocycles. The lowest BCUT2D eigenvalue weighted by Gasteiger charge is -2.25. The minimum absolute atomic E-state index is 0.0301. The molecule has 25 heavy (non-hydrogen) atoms. The molecule has 0 radical (unpaired) electrons. The van der Waals surface area contributed by atoms with Crippen LogP contribution in [0.5, 0.6) is 5.75 Å². The standard InChI is InChI=1S/C20H22N2O3/c1-13-11-15(20(24)21-2)7-8-17(13)22-19(23)12-14-9-10-25-18-6-4-3-5-16(14)18/h3-8,11,14H,9-10,12H2,1-2H3,(H,21,24)(H,22,23)/t14-/m0/s1. The van der Waals surface area contributed by atoms with Crippen molar-refractivity contribution in [1.82, 2.24) is 5.32 Å². The first-order chi connectivity index (χ1) is 12.1. The van der Waals surface area contributed by atoms with Crippen LogP contribution in [0.2, 0.25) is 0 Å². The molecule has 5 heteroatoms. The molecule has 1 aliphatic rings. The SMILES string of the molecule is CNC(=O)c1ccc(NC(=O)C[C@@H]2CCOc3ccccc32)c(C)c1. The van der Waals surface area contributed by atoms with Gasteiger partial charge in [0.05, 0.1) is 6.61 Å². The van der Waals surface area contributed by atoms with E-state index < -0.39 is 0 Å². The summed E-state index contributed by atoms with van der Waals surface area (Å²) in [5.74, 6) is 0.866. The summed E-state index contributed by atoms with van der Waals surface area (Å²) in [6.07, 6.45) is 1.25. The van der Waals surface area contributed by atoms with Crippen LogP contribution in [0.25, 0.3) is 0 Å². The molecule has 0 saturated heterocycles. The normalized spacial score (nSPS) is 15.7. The molecule has 130 valence electrons. The van der Waals surface area contributed by atoms with Crippen LogP contribution in [0.15, 0.2) is 42.5 Å². The van der Waals surface area contributed by atoms with Gasteiger partial charge >= 0.3 is 0 Å². The molecule has 0 fully saturated rings. The maximum atomic E-state index is 12.5. The summed E-state index contributed by atoms with van der Waals surface area (Å²) in [6, 6.07) is 13.1. The molecular weight excluding hydrogens is 316 g/mol. The Bertz CT molecular complexity index is 801. The molecule has 0 aliphatic carbocycles. The number of ether oxygens (including phenoxy) is 1. The lowest BCUT2D eigenvalue weighted by atomic mass is 9.90. The van der Waals surface area contributed by atoms with Gasteiger partial charge in [-0.2, -0.15) is 0 Å². The molecule has 0 unspecified atom stereocenters. The van der Waals surface area contributed by atoms with Gasteiger partial charge in [-0.15, -0.1) is 0 Å². The summed E-state index contributed by atoms with van der Waals surface area (Å²) >= 11 is 0. The smallest absolute Gasteiger partial charge is 0.251 e. The highest BCUT2D eigenvalue weighted by Crippen LogP contribution is 2.35. The van der Waals surface area contributed by atoms with Crippen LogP contribution in [0.1, 0.15) is 40.2 Å². The van der Waals surface area contributed by atoms with Gasteiger partial charge in [-0.3, -0.25) is 9.59 Å². The van der Waals surface area contributed by atoms with Crippen LogP contribution in [-0.4, -0.2) is 25.5 Å². The van der Waals surface area contributed by atoms with Crippen LogP contribution in [0.3, 0.4) is 0 Å². The number of anilines is 1. The van der Waals surface area contributed by atoms with Gasteiger partial charge in [-0.25, -0.2) is 0 Å². The highest BCUT2D eigenvalue weighted by atomic mass is 16.5. The Balaban J connectivity index is 1.69. The Morgan fingerprint density at radius 1 is 1.20 bits per heavy atom. The van der Waals surface area contributed by atoms with Crippen molar-refractivity contribution < 1.29 is 14.3 Å². The van der Waals surface area contributed by atoms with Gasteiger partial charge in [-0.05, 0) is 54.7 Å². The Morgan fingerprint density at radius 3 is 2.76 bits per heavy atom. The summed E-state index contributed by atoms with van der Waals surface area (Å²) in [5.41, 5.74) is 3.27. The molecule has 0 bridgehead atoms. The molecule has 2 aromatic carbocycles. The van der Waals surface area contributed by atoms with Crippen molar-refractivity contribution >= 4 is 17.5 Å². The van der Waals surface area contributed by atoms with E-state index in [-0.39, 0.29) is 17.7 Å². The second-order valence-electron chi connectivity index (χ2n) is 6.23. The zero-order valence-electron chi connectivity index (χ0n) is 14.5. The zero-order valence-corrected chi connectivity index (χ0v) is 14.5. The quantitative estimate of drug-likeness (QED) is 0.899. The maximum Gasteiger partial charge on any atom is 0.251 e. The van der Waals surface area contributed by atoms with Gasteiger partial charge in [0.25, 0.3) is 5.91 Å². The summed E-state index contributed by atoms with van der Waals surface area (Å²) in [4.78, 5) is 24.2. The average molecular weight is 338 g/mol. The number of benzene rings is 2. The largest absolute Gasteiger partial charge is 0.493 e. The minimum atomic E-state index is -0.139. The monoisotopic (exact) mass is 338 g/mol. The predicted molar refractivity (Wildman–Crippen MR) is 97.1 cm³/mol. The predicted octanol–water partition coefficient (Wildman–Crippen LogP) is 3.25. The summed E-state index contributed by atoms with van der Waals surface area (Å²) < 4.78 is 5.65. The van der Waals surface area contributed by atoms with Crippen molar-refractivity contribution in [3.05, 3.63) is 59.2 Å². The summed E-state index contributed by atoms with van der Waals surface area (Å²) in [6.45, 7) is 2.51. The molecule has 3 rings (SSSR count). The van der Waals surface area contributed by atoms with Gasteiger partial charge in [0, 0.05) is 24.7 Å². The van der Waals surface area contributed by atoms with E-state index in [1.165, 1.54) is 0 Å². The third-order valence-corrected chi connectivity index (χ3v) is 4.50. The Labute approximate surface area is 147 Å². The van der Waals surface area contributed by atoms with Crippen molar-refractivity contribution in [1.29, 1.82) is 0 Å². The van der Waals surface area contributed by atoms with E-state index in [1.54, 1.807) is 25.2 Å². The average Bonchev–Trinajstić information content (AvgIpc) is 2.63. The number of nitrogens with one attached hydrogen (secondary N) is 2. The lowest BCUT2D eigenvalue weighted by Crippen LogP contribution is -2.21. The number of carbonyl (C=O) groups excluding carboxylic acids is 2. The van der Waals surface area contributed by atoms with Crippen molar-refractivity contribution in [3.8, 4) is 5.75 Å². The second-order valence-corrected chi connectivity index (χ2v) is 6.23. The first kappa shape index (κ1) is 17.0. The van der Waals surface area contributed by atoms with Crippen LogP contribution >= 0.6 is 0 Å². The molecule has 0 spiro atoms. The summed E-state index contributed by atoms with van der Waals surface area (Å²) in [7, 11) is 1.60. The second kappa shape index (κ2) is 7.38. The minimum Gasteiger partial charge on any atom is -0.493 e. The molecule has 2 N–H and O–H groups in total. The molecule has 2 amide bonds. The van der Waals surface area contributed by atoms with Crippen molar-refractivity contribution in [3.63, 3.8) is 0 Å². The highest BCUT2D eigenvalue weighted by Gasteiger charge is 2.23. The van der Waals surface area contributed by atoms with Crippen LogP contribution < -0.4 is 15.4 Å². The fourth-order valence-corrected chi connectivity index (χ4v) is 3.14. The molecule has 0 saturated carbocycles. The lowest BCUT2D eigenvalue weighted by molar-refractivity contribution is -0.116. The van der Waals surface area contributed by atoms with Gasteiger partial charge in [0.2, 0.25) is 5.91 Å². The molecule has 5 nitrogen and oxygen atoms in total. The van der Waals surface area contributed by atoms with Gasteiger partial charge in [0.15, 0.2) is 0 Å². The summed E-state index contributed by atoms with van der Waals surface area (Å²) in [5, 5.41) is 5.56. The van der Waals surface area contributed by atoms with Crippen LogP contribution in [-0.2, 0) is 4.79 Å². The van der Waals surface area contributed by atoms with Gasteiger partial charge < -0.3 is 15.4 Å². The highest BCUT2D eigenvalue weighted by molar-refractivity contribution is 5.96. The zero-order chi connectivity index (χ0) is 17.8. The number of para-hydroxylation sites is 1.